The number of halogens is 2. The molecule has 0 fully saturated rings. The lowest BCUT2D eigenvalue weighted by atomic mass is 10.2. The van der Waals surface area contributed by atoms with Gasteiger partial charge in [-0.2, -0.15) is 4.90 Å². The fourth-order valence-corrected chi connectivity index (χ4v) is 2.76. The van der Waals surface area contributed by atoms with E-state index >= 15 is 0 Å². The Balaban J connectivity index is 2.59. The van der Waals surface area contributed by atoms with Gasteiger partial charge in [0.25, 0.3) is 0 Å². The molecule has 2 aromatic rings. The summed E-state index contributed by atoms with van der Waals surface area (Å²) in [6.07, 6.45) is -0.511. The molecule has 146 valence electrons. The van der Waals surface area contributed by atoms with Gasteiger partial charge in [0.15, 0.2) is 0 Å². The molecule has 2 amide bonds. The summed E-state index contributed by atoms with van der Waals surface area (Å²) < 4.78 is 24.7. The van der Waals surface area contributed by atoms with Crippen molar-refractivity contribution in [1.29, 1.82) is 0 Å². The lowest BCUT2D eigenvalue weighted by Crippen LogP contribution is -2.44. The number of ether oxygens (including phenoxy) is 2. The van der Waals surface area contributed by atoms with E-state index in [0.29, 0.717) is 15.4 Å². The predicted molar refractivity (Wildman–Crippen MR) is 104 cm³/mol. The fraction of sp³-hybridized carbons (Fsp3) is 0.421. The number of pyridine rings is 1. The molecule has 0 atom stereocenters. The molecule has 0 aliphatic rings. The number of imide groups is 1. The Labute approximate surface area is 165 Å². The number of hydrogen-bond acceptors (Lipinski definition) is 5. The van der Waals surface area contributed by atoms with Gasteiger partial charge in [0, 0.05) is 5.39 Å². The molecule has 0 saturated heterocycles. The number of rotatable bonds is 1. The molecule has 0 saturated carbocycles. The zero-order valence-corrected chi connectivity index (χ0v) is 17.7. The summed E-state index contributed by atoms with van der Waals surface area (Å²) >= 11 is 3.35. The molecule has 0 aliphatic carbocycles. The first-order valence-corrected chi connectivity index (χ1v) is 9.08. The van der Waals surface area contributed by atoms with E-state index < -0.39 is 29.2 Å². The average Bonchev–Trinajstić information content (AvgIpc) is 2.46. The summed E-state index contributed by atoms with van der Waals surface area (Å²) in [4.78, 5) is 30.4. The molecule has 0 spiro atoms. The standard InChI is InChI=1S/C19H22BrFN2O4/c1-18(2,3)26-16(24)23(17(25)27-19(4,5)6)14-10-22-13-8-7-11(21)9-12(13)15(14)20/h7-10H,1-6H3. The maximum atomic E-state index is 13.7. The SMILES string of the molecule is CC(C)(C)OC(=O)N(C(=O)OC(C)(C)C)c1cnc2ccc(F)cc2c1Br. The maximum absolute atomic E-state index is 13.7. The average molecular weight is 441 g/mol. The highest BCUT2D eigenvalue weighted by molar-refractivity contribution is 9.10. The smallest absolute Gasteiger partial charge is 0.424 e. The highest BCUT2D eigenvalue weighted by atomic mass is 79.9. The normalized spacial score (nSPS) is 12.0. The van der Waals surface area contributed by atoms with Crippen LogP contribution in [0.2, 0.25) is 0 Å². The van der Waals surface area contributed by atoms with Crippen molar-refractivity contribution >= 4 is 44.7 Å². The summed E-state index contributed by atoms with van der Waals surface area (Å²) in [5.41, 5.74) is -1.07. The van der Waals surface area contributed by atoms with Crippen LogP contribution >= 0.6 is 15.9 Å². The van der Waals surface area contributed by atoms with Gasteiger partial charge in [0.2, 0.25) is 0 Å². The molecule has 0 N–H and O–H groups in total. The zero-order chi connectivity index (χ0) is 20.6. The van der Waals surface area contributed by atoms with E-state index in [-0.39, 0.29) is 5.69 Å². The molecule has 8 heteroatoms. The van der Waals surface area contributed by atoms with E-state index in [0.717, 1.165) is 4.90 Å². The second-order valence-corrected chi connectivity index (χ2v) is 8.71. The Morgan fingerprint density at radius 3 is 2.04 bits per heavy atom. The van der Waals surface area contributed by atoms with Crippen molar-refractivity contribution in [2.45, 2.75) is 52.7 Å². The van der Waals surface area contributed by atoms with Gasteiger partial charge in [0.05, 0.1) is 21.9 Å². The van der Waals surface area contributed by atoms with Crippen molar-refractivity contribution in [1.82, 2.24) is 4.98 Å². The Kier molecular flexibility index (Phi) is 5.79. The van der Waals surface area contributed by atoms with Crippen LogP contribution in [0, 0.1) is 5.82 Å². The first-order chi connectivity index (χ1) is 12.3. The van der Waals surface area contributed by atoms with Crippen LogP contribution in [0.25, 0.3) is 10.9 Å². The van der Waals surface area contributed by atoms with Gasteiger partial charge >= 0.3 is 12.2 Å². The number of carbonyl (C=O) groups is 2. The van der Waals surface area contributed by atoms with Crippen molar-refractivity contribution in [3.05, 3.63) is 34.7 Å². The quantitative estimate of drug-likeness (QED) is 0.559. The first kappa shape index (κ1) is 21.1. The van der Waals surface area contributed by atoms with E-state index in [2.05, 4.69) is 20.9 Å². The molecule has 0 aliphatic heterocycles. The minimum Gasteiger partial charge on any atom is -0.443 e. The summed E-state index contributed by atoms with van der Waals surface area (Å²) in [6, 6.07) is 4.05. The number of benzene rings is 1. The lowest BCUT2D eigenvalue weighted by Gasteiger charge is -2.29. The minimum absolute atomic E-state index is 0.0941. The highest BCUT2D eigenvalue weighted by Gasteiger charge is 2.34. The van der Waals surface area contributed by atoms with Crippen LogP contribution in [0.15, 0.2) is 28.9 Å². The Hall–Kier alpha value is -2.22. The highest BCUT2D eigenvalue weighted by Crippen LogP contribution is 2.34. The van der Waals surface area contributed by atoms with Crippen LogP contribution in [0.3, 0.4) is 0 Å². The number of hydrogen-bond donors (Lipinski definition) is 0. The number of nitrogens with zero attached hydrogens (tertiary/aromatic N) is 2. The largest absolute Gasteiger partial charge is 0.443 e. The first-order valence-electron chi connectivity index (χ1n) is 8.28. The lowest BCUT2D eigenvalue weighted by molar-refractivity contribution is 0.0430. The molecule has 1 aromatic carbocycles. The van der Waals surface area contributed by atoms with Gasteiger partial charge in [-0.05, 0) is 75.7 Å². The monoisotopic (exact) mass is 440 g/mol. The van der Waals surface area contributed by atoms with E-state index in [4.69, 9.17) is 9.47 Å². The van der Waals surface area contributed by atoms with Gasteiger partial charge in [-0.15, -0.1) is 0 Å². The van der Waals surface area contributed by atoms with Crippen molar-refractivity contribution in [2.75, 3.05) is 4.90 Å². The van der Waals surface area contributed by atoms with Crippen molar-refractivity contribution in [3.8, 4) is 0 Å². The van der Waals surface area contributed by atoms with Gasteiger partial charge < -0.3 is 9.47 Å². The fourth-order valence-electron chi connectivity index (χ4n) is 2.16. The van der Waals surface area contributed by atoms with E-state index in [9.17, 15) is 14.0 Å². The number of carbonyl (C=O) groups excluding carboxylic acids is 2. The summed E-state index contributed by atoms with van der Waals surface area (Å²) in [5, 5.41) is 0.407. The molecule has 0 unspecified atom stereocenters. The topological polar surface area (TPSA) is 68.7 Å². The second kappa shape index (κ2) is 7.42. The predicted octanol–water partition coefficient (Wildman–Crippen LogP) is 5.81. The maximum Gasteiger partial charge on any atom is 0.424 e. The van der Waals surface area contributed by atoms with Gasteiger partial charge in [-0.1, -0.05) is 0 Å². The van der Waals surface area contributed by atoms with E-state index in [1.54, 1.807) is 41.5 Å². The molecule has 0 radical (unpaired) electrons. The van der Waals surface area contributed by atoms with Gasteiger partial charge in [0.1, 0.15) is 17.0 Å². The van der Waals surface area contributed by atoms with Crippen molar-refractivity contribution < 1.29 is 23.5 Å². The van der Waals surface area contributed by atoms with Crippen molar-refractivity contribution in [2.24, 2.45) is 0 Å². The third-order valence-electron chi connectivity index (χ3n) is 3.14. The summed E-state index contributed by atoms with van der Waals surface area (Å²) in [6.45, 7) is 10.1. The number of anilines is 1. The van der Waals surface area contributed by atoms with Crippen LogP contribution in [0.4, 0.5) is 19.7 Å². The molecular weight excluding hydrogens is 419 g/mol. The number of amides is 2. The van der Waals surface area contributed by atoms with E-state index in [1.807, 2.05) is 0 Å². The van der Waals surface area contributed by atoms with Crippen molar-refractivity contribution in [3.63, 3.8) is 0 Å². The van der Waals surface area contributed by atoms with Crippen LogP contribution in [0.5, 0.6) is 0 Å². The minimum atomic E-state index is -0.921. The summed E-state index contributed by atoms with van der Waals surface area (Å²) in [5.74, 6) is -0.469. The third-order valence-corrected chi connectivity index (χ3v) is 3.97. The molecule has 0 bridgehead atoms. The second-order valence-electron chi connectivity index (χ2n) is 7.91. The van der Waals surface area contributed by atoms with Crippen LogP contribution < -0.4 is 4.90 Å². The van der Waals surface area contributed by atoms with Crippen LogP contribution in [-0.2, 0) is 9.47 Å². The Morgan fingerprint density at radius 2 is 1.56 bits per heavy atom. The molecule has 1 heterocycles. The molecule has 27 heavy (non-hydrogen) atoms. The molecular formula is C19H22BrFN2O4. The van der Waals surface area contributed by atoms with Crippen LogP contribution in [-0.4, -0.2) is 28.4 Å². The Bertz CT molecular complexity index is 860. The summed E-state index contributed by atoms with van der Waals surface area (Å²) in [7, 11) is 0. The number of fused-ring (bicyclic) bond motifs is 1. The molecule has 2 rings (SSSR count). The Morgan fingerprint density at radius 1 is 1.04 bits per heavy atom. The number of aromatic nitrogens is 1. The van der Waals surface area contributed by atoms with E-state index in [1.165, 1.54) is 24.4 Å². The third kappa shape index (κ3) is 5.38. The molecule has 1 aromatic heterocycles. The zero-order valence-electron chi connectivity index (χ0n) is 16.1. The van der Waals surface area contributed by atoms with Crippen LogP contribution in [0.1, 0.15) is 41.5 Å². The van der Waals surface area contributed by atoms with Gasteiger partial charge in [-0.3, -0.25) is 4.98 Å². The molecule has 6 nitrogen and oxygen atoms in total. The van der Waals surface area contributed by atoms with Gasteiger partial charge in [-0.25, -0.2) is 14.0 Å².